The minimum atomic E-state index is -0.890. The van der Waals surface area contributed by atoms with Crippen LogP contribution in [-0.2, 0) is 33.9 Å². The Balaban J connectivity index is 2.07. The number of carbonyl (C=O) groups excluding carboxylic acids is 2. The van der Waals surface area contributed by atoms with Gasteiger partial charge >= 0.3 is 12.1 Å². The lowest BCUT2D eigenvalue weighted by Crippen LogP contribution is -2.45. The molecule has 0 aromatic heterocycles. The zero-order chi connectivity index (χ0) is 20.6. The zero-order valence-electron chi connectivity index (χ0n) is 16.5. The summed E-state index contributed by atoms with van der Waals surface area (Å²) in [7, 11) is 0. The van der Waals surface area contributed by atoms with Crippen LogP contribution in [0.5, 0.6) is 0 Å². The number of aliphatic hydroxyl groups is 1. The maximum atomic E-state index is 12.6. The number of alkyl carbamates (subject to hydrolysis) is 1. The summed E-state index contributed by atoms with van der Waals surface area (Å²) in [6.45, 7) is 5.32. The van der Waals surface area contributed by atoms with Gasteiger partial charge in [0.05, 0.1) is 6.61 Å². The third-order valence-corrected chi connectivity index (χ3v) is 3.84. The Labute approximate surface area is 165 Å². The average Bonchev–Trinajstić information content (AvgIpc) is 2.65. The van der Waals surface area contributed by atoms with E-state index in [1.54, 1.807) is 45.0 Å². The summed E-state index contributed by atoms with van der Waals surface area (Å²) in [6.07, 6.45) is -0.431. The molecule has 1 atom stereocenters. The fourth-order valence-corrected chi connectivity index (χ4v) is 2.49. The lowest BCUT2D eigenvalue weighted by molar-refractivity contribution is -0.147. The van der Waals surface area contributed by atoms with Gasteiger partial charge in [0.2, 0.25) is 0 Å². The Morgan fingerprint density at radius 3 is 2.14 bits per heavy atom. The highest BCUT2D eigenvalue weighted by Gasteiger charge is 2.26. The summed E-state index contributed by atoms with van der Waals surface area (Å²) in [6, 6.07) is 15.6. The van der Waals surface area contributed by atoms with Gasteiger partial charge in [-0.05, 0) is 37.5 Å². The largest absolute Gasteiger partial charge is 0.459 e. The van der Waals surface area contributed by atoms with Crippen LogP contribution in [-0.4, -0.2) is 28.8 Å². The molecular formula is C22H27NO5. The van der Waals surface area contributed by atoms with Crippen LogP contribution in [0.3, 0.4) is 0 Å². The molecule has 0 bridgehead atoms. The molecule has 6 heteroatoms. The summed E-state index contributed by atoms with van der Waals surface area (Å²) in [5.74, 6) is -0.541. The van der Waals surface area contributed by atoms with Crippen molar-refractivity contribution in [2.24, 2.45) is 0 Å². The Morgan fingerprint density at radius 1 is 0.964 bits per heavy atom. The van der Waals surface area contributed by atoms with E-state index < -0.39 is 23.7 Å². The molecule has 0 fully saturated rings. The molecule has 2 rings (SSSR count). The highest BCUT2D eigenvalue weighted by atomic mass is 16.6. The van der Waals surface area contributed by atoms with Crippen LogP contribution in [0.2, 0.25) is 0 Å². The molecule has 0 aliphatic heterocycles. The highest BCUT2D eigenvalue weighted by Crippen LogP contribution is 2.11. The lowest BCUT2D eigenvalue weighted by atomic mass is 10.0. The number of amides is 1. The highest BCUT2D eigenvalue weighted by molar-refractivity contribution is 5.81. The number of hydrogen-bond acceptors (Lipinski definition) is 5. The molecule has 0 spiro atoms. The van der Waals surface area contributed by atoms with Crippen LogP contribution in [0.1, 0.15) is 37.5 Å². The van der Waals surface area contributed by atoms with Gasteiger partial charge in [-0.1, -0.05) is 54.6 Å². The Hall–Kier alpha value is -2.86. The van der Waals surface area contributed by atoms with E-state index in [-0.39, 0.29) is 19.6 Å². The van der Waals surface area contributed by atoms with Gasteiger partial charge in [0.15, 0.2) is 0 Å². The number of carbonyl (C=O) groups is 2. The van der Waals surface area contributed by atoms with E-state index in [2.05, 4.69) is 5.32 Å². The first-order valence-electron chi connectivity index (χ1n) is 9.15. The average molecular weight is 385 g/mol. The van der Waals surface area contributed by atoms with Gasteiger partial charge in [0.1, 0.15) is 18.2 Å². The summed E-state index contributed by atoms with van der Waals surface area (Å²) in [4.78, 5) is 24.8. The number of aliphatic hydroxyl groups excluding tert-OH is 1. The van der Waals surface area contributed by atoms with Crippen LogP contribution in [0, 0.1) is 0 Å². The molecule has 2 aromatic rings. The van der Waals surface area contributed by atoms with E-state index in [1.807, 2.05) is 30.3 Å². The van der Waals surface area contributed by atoms with Crippen molar-refractivity contribution in [3.05, 3.63) is 71.3 Å². The van der Waals surface area contributed by atoms with Gasteiger partial charge in [-0.15, -0.1) is 0 Å². The van der Waals surface area contributed by atoms with E-state index >= 15 is 0 Å². The van der Waals surface area contributed by atoms with Gasteiger partial charge in [-0.3, -0.25) is 0 Å². The van der Waals surface area contributed by atoms with Crippen molar-refractivity contribution in [1.29, 1.82) is 0 Å². The van der Waals surface area contributed by atoms with Crippen molar-refractivity contribution in [2.75, 3.05) is 0 Å². The number of ether oxygens (including phenoxy) is 2. The van der Waals surface area contributed by atoms with Gasteiger partial charge in [-0.25, -0.2) is 9.59 Å². The number of hydrogen-bond donors (Lipinski definition) is 2. The molecule has 28 heavy (non-hydrogen) atoms. The lowest BCUT2D eigenvalue weighted by Gasteiger charge is -2.23. The molecule has 0 aliphatic rings. The molecule has 2 aromatic carbocycles. The van der Waals surface area contributed by atoms with Crippen molar-refractivity contribution < 1.29 is 24.2 Å². The molecule has 1 amide bonds. The fourth-order valence-electron chi connectivity index (χ4n) is 2.49. The van der Waals surface area contributed by atoms with E-state index in [0.717, 1.165) is 16.7 Å². The predicted octanol–water partition coefficient (Wildman–Crippen LogP) is 3.36. The molecular weight excluding hydrogens is 358 g/mol. The first-order valence-corrected chi connectivity index (χ1v) is 9.15. The monoisotopic (exact) mass is 385 g/mol. The van der Waals surface area contributed by atoms with Gasteiger partial charge in [-0.2, -0.15) is 0 Å². The normalized spacial score (nSPS) is 12.1. The maximum absolute atomic E-state index is 12.6. The van der Waals surface area contributed by atoms with Crippen LogP contribution < -0.4 is 5.32 Å². The molecule has 6 nitrogen and oxygen atoms in total. The SMILES string of the molecule is CC(C)(C)OC(=O)N[C@@H](Cc1ccc(CO)cc1)C(=O)OCc1ccccc1. The van der Waals surface area contributed by atoms with Crippen LogP contribution in [0.15, 0.2) is 54.6 Å². The zero-order valence-corrected chi connectivity index (χ0v) is 16.5. The molecule has 0 radical (unpaired) electrons. The molecule has 0 heterocycles. The van der Waals surface area contributed by atoms with Crippen molar-refractivity contribution in [2.45, 2.75) is 52.0 Å². The second-order valence-corrected chi connectivity index (χ2v) is 7.47. The third-order valence-electron chi connectivity index (χ3n) is 3.84. The second-order valence-electron chi connectivity index (χ2n) is 7.47. The minimum Gasteiger partial charge on any atom is -0.459 e. The first kappa shape index (κ1) is 21.4. The second kappa shape index (κ2) is 9.90. The molecule has 0 unspecified atom stereocenters. The number of rotatable bonds is 7. The first-order chi connectivity index (χ1) is 13.3. The Kier molecular flexibility index (Phi) is 7.58. The van der Waals surface area contributed by atoms with Crippen molar-refractivity contribution in [3.8, 4) is 0 Å². The summed E-state index contributed by atoms with van der Waals surface area (Å²) < 4.78 is 10.7. The Morgan fingerprint density at radius 2 is 1.57 bits per heavy atom. The molecule has 0 saturated heterocycles. The van der Waals surface area contributed by atoms with Gasteiger partial charge < -0.3 is 19.9 Å². The minimum absolute atomic E-state index is 0.0566. The van der Waals surface area contributed by atoms with Gasteiger partial charge in [0.25, 0.3) is 0 Å². The number of esters is 1. The fraction of sp³-hybridized carbons (Fsp3) is 0.364. The van der Waals surface area contributed by atoms with Crippen LogP contribution in [0.25, 0.3) is 0 Å². The third kappa shape index (κ3) is 7.40. The quantitative estimate of drug-likeness (QED) is 0.714. The predicted molar refractivity (Wildman–Crippen MR) is 105 cm³/mol. The van der Waals surface area contributed by atoms with E-state index in [9.17, 15) is 9.59 Å². The number of nitrogens with one attached hydrogen (secondary N) is 1. The molecule has 0 aliphatic carbocycles. The number of benzene rings is 2. The summed E-state index contributed by atoms with van der Waals surface area (Å²) >= 11 is 0. The molecule has 0 saturated carbocycles. The van der Waals surface area contributed by atoms with Crippen molar-refractivity contribution >= 4 is 12.1 Å². The standard InChI is InChI=1S/C22H27NO5/c1-22(2,3)28-21(26)23-19(13-16-9-11-17(14-24)12-10-16)20(25)27-15-18-7-5-4-6-8-18/h4-12,19,24H,13-15H2,1-3H3,(H,23,26)/t19-/m0/s1. The van der Waals surface area contributed by atoms with Crippen LogP contribution >= 0.6 is 0 Å². The Bertz CT molecular complexity index is 766. The maximum Gasteiger partial charge on any atom is 0.408 e. The van der Waals surface area contributed by atoms with Crippen LogP contribution in [0.4, 0.5) is 4.79 Å². The molecule has 2 N–H and O–H groups in total. The topological polar surface area (TPSA) is 84.9 Å². The van der Waals surface area contributed by atoms with E-state index in [1.165, 1.54) is 0 Å². The van der Waals surface area contributed by atoms with Gasteiger partial charge in [0, 0.05) is 6.42 Å². The van der Waals surface area contributed by atoms with Crippen molar-refractivity contribution in [3.63, 3.8) is 0 Å². The smallest absolute Gasteiger partial charge is 0.408 e. The van der Waals surface area contributed by atoms with Crippen molar-refractivity contribution in [1.82, 2.24) is 5.32 Å². The summed E-state index contributed by atoms with van der Waals surface area (Å²) in [5, 5.41) is 11.8. The summed E-state index contributed by atoms with van der Waals surface area (Å²) in [5.41, 5.74) is 1.78. The molecule has 150 valence electrons. The van der Waals surface area contributed by atoms with E-state index in [4.69, 9.17) is 14.6 Å². The van der Waals surface area contributed by atoms with E-state index in [0.29, 0.717) is 0 Å².